The van der Waals surface area contributed by atoms with Crippen molar-refractivity contribution in [3.63, 3.8) is 0 Å². The molecule has 3 rings (SSSR count). The third kappa shape index (κ3) is 4.22. The van der Waals surface area contributed by atoms with Gasteiger partial charge in [-0.3, -0.25) is 4.79 Å². The van der Waals surface area contributed by atoms with E-state index in [4.69, 9.17) is 27.9 Å². The monoisotopic (exact) mass is 388 g/mol. The normalized spacial score (nSPS) is 10.3. The van der Waals surface area contributed by atoms with Crippen molar-refractivity contribution in [3.05, 3.63) is 70.5 Å². The second kappa shape index (κ2) is 8.03. The molecule has 0 spiro atoms. The fourth-order valence-corrected chi connectivity index (χ4v) is 2.66. The molecule has 1 aromatic heterocycles. The van der Waals surface area contributed by atoms with Gasteiger partial charge in [0, 0.05) is 18.0 Å². The summed E-state index contributed by atoms with van der Waals surface area (Å²) in [4.78, 5) is 20.7. The van der Waals surface area contributed by atoms with Gasteiger partial charge in [-0.25, -0.2) is 9.97 Å². The summed E-state index contributed by atoms with van der Waals surface area (Å²) in [6, 6.07) is 13.6. The second-order valence-corrected chi connectivity index (χ2v) is 5.99. The molecule has 2 aromatic carbocycles. The Morgan fingerprint density at radius 2 is 1.81 bits per heavy atom. The van der Waals surface area contributed by atoms with Crippen molar-refractivity contribution in [3.8, 4) is 5.75 Å². The number of ether oxygens (including phenoxy) is 1. The van der Waals surface area contributed by atoms with Crippen LogP contribution in [-0.2, 0) is 0 Å². The molecule has 0 aliphatic carbocycles. The van der Waals surface area contributed by atoms with Crippen LogP contribution in [0, 0.1) is 0 Å². The molecule has 0 aliphatic heterocycles. The fraction of sp³-hybridized carbons (Fsp3) is 0.0556. The van der Waals surface area contributed by atoms with Crippen molar-refractivity contribution >= 4 is 46.4 Å². The van der Waals surface area contributed by atoms with Crippen LogP contribution < -0.4 is 15.4 Å². The second-order valence-electron chi connectivity index (χ2n) is 5.17. The van der Waals surface area contributed by atoms with E-state index < -0.39 is 0 Å². The number of hydrogen-bond donors (Lipinski definition) is 2. The van der Waals surface area contributed by atoms with Crippen LogP contribution in [0.3, 0.4) is 0 Å². The lowest BCUT2D eigenvalue weighted by molar-refractivity contribution is 0.102. The van der Waals surface area contributed by atoms with E-state index in [9.17, 15) is 4.79 Å². The van der Waals surface area contributed by atoms with Crippen LogP contribution in [0.25, 0.3) is 0 Å². The molecule has 3 aromatic rings. The van der Waals surface area contributed by atoms with Crippen LogP contribution in [0.5, 0.6) is 5.75 Å². The van der Waals surface area contributed by atoms with Crippen LogP contribution in [0.1, 0.15) is 10.5 Å². The molecule has 1 amide bonds. The number of amides is 1. The smallest absolute Gasteiger partial charge is 0.274 e. The van der Waals surface area contributed by atoms with Crippen molar-refractivity contribution in [2.45, 2.75) is 0 Å². The average Bonchev–Trinajstić information content (AvgIpc) is 2.65. The van der Waals surface area contributed by atoms with Crippen LogP contribution in [0.4, 0.5) is 17.3 Å². The number of nitrogens with one attached hydrogen (secondary N) is 2. The van der Waals surface area contributed by atoms with Crippen LogP contribution in [-0.4, -0.2) is 23.0 Å². The number of carbonyl (C=O) groups is 1. The molecule has 0 unspecified atom stereocenters. The zero-order valence-electron chi connectivity index (χ0n) is 13.7. The lowest BCUT2D eigenvalue weighted by atomic mass is 10.3. The topological polar surface area (TPSA) is 76.1 Å². The number of benzene rings is 2. The molecule has 0 atom stereocenters. The van der Waals surface area contributed by atoms with Gasteiger partial charge in [-0.2, -0.15) is 0 Å². The first kappa shape index (κ1) is 18.0. The van der Waals surface area contributed by atoms with Crippen molar-refractivity contribution < 1.29 is 9.53 Å². The first-order valence-corrected chi connectivity index (χ1v) is 8.32. The lowest BCUT2D eigenvalue weighted by Crippen LogP contribution is -2.14. The summed E-state index contributed by atoms with van der Waals surface area (Å²) in [5, 5.41) is 6.54. The molecule has 8 heteroatoms. The highest BCUT2D eigenvalue weighted by Crippen LogP contribution is 2.31. The summed E-state index contributed by atoms with van der Waals surface area (Å²) in [6.07, 6.45) is 1.47. The Bertz CT molecular complexity index is 930. The summed E-state index contributed by atoms with van der Waals surface area (Å²) < 4.78 is 5.14. The Morgan fingerprint density at radius 1 is 1.08 bits per heavy atom. The minimum absolute atomic E-state index is 0.188. The maximum absolute atomic E-state index is 12.4. The van der Waals surface area contributed by atoms with Gasteiger partial charge in [0.15, 0.2) is 0 Å². The SMILES string of the molecule is COc1cccc(NC(=O)c2ccnc(Nc3c(Cl)cccc3Cl)n2)c1. The molecule has 0 aliphatic rings. The van der Waals surface area contributed by atoms with Crippen LogP contribution in [0.15, 0.2) is 54.7 Å². The molecule has 26 heavy (non-hydrogen) atoms. The Kier molecular flexibility index (Phi) is 5.55. The Balaban J connectivity index is 1.79. The van der Waals surface area contributed by atoms with Crippen molar-refractivity contribution in [2.75, 3.05) is 17.7 Å². The van der Waals surface area contributed by atoms with Gasteiger partial charge in [-0.1, -0.05) is 35.3 Å². The predicted molar refractivity (Wildman–Crippen MR) is 103 cm³/mol. The highest BCUT2D eigenvalue weighted by Gasteiger charge is 2.12. The minimum atomic E-state index is -0.381. The fourth-order valence-electron chi connectivity index (χ4n) is 2.17. The van der Waals surface area contributed by atoms with E-state index in [0.29, 0.717) is 27.2 Å². The van der Waals surface area contributed by atoms with E-state index >= 15 is 0 Å². The molecule has 0 saturated carbocycles. The van der Waals surface area contributed by atoms with E-state index in [0.717, 1.165) is 0 Å². The van der Waals surface area contributed by atoms with E-state index in [1.54, 1.807) is 49.6 Å². The number of halogens is 2. The van der Waals surface area contributed by atoms with Gasteiger partial charge in [-0.05, 0) is 30.3 Å². The molecule has 2 N–H and O–H groups in total. The molecular formula is C18H14Cl2N4O2. The molecule has 0 radical (unpaired) electrons. The minimum Gasteiger partial charge on any atom is -0.497 e. The number of hydrogen-bond acceptors (Lipinski definition) is 5. The Hall–Kier alpha value is -2.83. The molecular weight excluding hydrogens is 375 g/mol. The third-order valence-corrected chi connectivity index (χ3v) is 4.05. The van der Waals surface area contributed by atoms with Gasteiger partial charge in [0.1, 0.15) is 11.4 Å². The summed E-state index contributed by atoms with van der Waals surface area (Å²) in [7, 11) is 1.56. The highest BCUT2D eigenvalue weighted by molar-refractivity contribution is 6.39. The molecule has 132 valence electrons. The van der Waals surface area contributed by atoms with Gasteiger partial charge >= 0.3 is 0 Å². The lowest BCUT2D eigenvalue weighted by Gasteiger charge is -2.10. The molecule has 1 heterocycles. The number of carbonyl (C=O) groups excluding carboxylic acids is 1. The summed E-state index contributed by atoms with van der Waals surface area (Å²) in [6.45, 7) is 0. The van der Waals surface area contributed by atoms with E-state index in [2.05, 4.69) is 20.6 Å². The molecule has 0 fully saturated rings. The van der Waals surface area contributed by atoms with E-state index in [1.807, 2.05) is 0 Å². The standard InChI is InChI=1S/C18H14Cl2N4O2/c1-26-12-5-2-4-11(10-12)22-17(25)15-8-9-21-18(23-15)24-16-13(19)6-3-7-14(16)20/h2-10H,1H3,(H,22,25)(H,21,23,24). The van der Waals surface area contributed by atoms with Gasteiger partial charge in [0.2, 0.25) is 5.95 Å². The zero-order chi connectivity index (χ0) is 18.5. The number of rotatable bonds is 5. The zero-order valence-corrected chi connectivity index (χ0v) is 15.2. The number of aromatic nitrogens is 2. The number of para-hydroxylation sites is 1. The molecule has 0 saturated heterocycles. The number of anilines is 3. The largest absolute Gasteiger partial charge is 0.497 e. The maximum atomic E-state index is 12.4. The summed E-state index contributed by atoms with van der Waals surface area (Å²) >= 11 is 12.2. The van der Waals surface area contributed by atoms with Crippen molar-refractivity contribution in [1.29, 1.82) is 0 Å². The Labute approximate surface area is 160 Å². The van der Waals surface area contributed by atoms with Crippen molar-refractivity contribution in [2.24, 2.45) is 0 Å². The van der Waals surface area contributed by atoms with Gasteiger partial charge in [0.25, 0.3) is 5.91 Å². The van der Waals surface area contributed by atoms with Gasteiger partial charge < -0.3 is 15.4 Å². The highest BCUT2D eigenvalue weighted by atomic mass is 35.5. The summed E-state index contributed by atoms with van der Waals surface area (Å²) in [5.41, 5.74) is 1.26. The van der Waals surface area contributed by atoms with Gasteiger partial charge in [0.05, 0.1) is 22.8 Å². The van der Waals surface area contributed by atoms with E-state index in [1.165, 1.54) is 12.3 Å². The molecule has 6 nitrogen and oxygen atoms in total. The third-order valence-electron chi connectivity index (χ3n) is 3.42. The van der Waals surface area contributed by atoms with Crippen molar-refractivity contribution in [1.82, 2.24) is 9.97 Å². The van der Waals surface area contributed by atoms with Crippen LogP contribution >= 0.6 is 23.2 Å². The summed E-state index contributed by atoms with van der Waals surface area (Å²) in [5.74, 6) is 0.466. The maximum Gasteiger partial charge on any atom is 0.274 e. The quantitative estimate of drug-likeness (QED) is 0.656. The molecule has 0 bridgehead atoms. The number of methoxy groups -OCH3 is 1. The Morgan fingerprint density at radius 3 is 2.54 bits per heavy atom. The van der Waals surface area contributed by atoms with Gasteiger partial charge in [-0.15, -0.1) is 0 Å². The average molecular weight is 389 g/mol. The first-order chi connectivity index (χ1) is 12.6. The predicted octanol–water partition coefficient (Wildman–Crippen LogP) is 4.79. The number of nitrogens with zero attached hydrogens (tertiary/aromatic N) is 2. The van der Waals surface area contributed by atoms with E-state index in [-0.39, 0.29) is 17.5 Å². The van der Waals surface area contributed by atoms with Crippen LogP contribution in [0.2, 0.25) is 10.0 Å². The first-order valence-electron chi connectivity index (χ1n) is 7.56.